The topological polar surface area (TPSA) is 87.6 Å². The van der Waals surface area contributed by atoms with E-state index in [4.69, 9.17) is 5.11 Å². The molecule has 0 saturated heterocycles. The molecule has 0 aliphatic carbocycles. The molecule has 2 rings (SSSR count). The van der Waals surface area contributed by atoms with Crippen LogP contribution in [0.25, 0.3) is 10.9 Å². The van der Waals surface area contributed by atoms with E-state index in [1.165, 1.54) is 13.1 Å². The number of aliphatic carboxylic acids is 1. The van der Waals surface area contributed by atoms with Crippen molar-refractivity contribution in [2.24, 2.45) is 0 Å². The second-order valence-corrected chi connectivity index (χ2v) is 6.51. The summed E-state index contributed by atoms with van der Waals surface area (Å²) >= 11 is 0. The van der Waals surface area contributed by atoms with Crippen LogP contribution in [0.5, 0.6) is 0 Å². The Morgan fingerprint density at radius 2 is 2.10 bits per heavy atom. The summed E-state index contributed by atoms with van der Waals surface area (Å²) in [6.45, 7) is 1.27. The summed E-state index contributed by atoms with van der Waals surface area (Å²) in [6.07, 6.45) is 1.58. The summed E-state index contributed by atoms with van der Waals surface area (Å²) in [5.41, 5.74) is 1.27. The molecule has 20 heavy (non-hydrogen) atoms. The second kappa shape index (κ2) is 5.18. The smallest absolute Gasteiger partial charge is 0.318 e. The number of nitrogens with zero attached hydrogens (tertiary/aromatic N) is 2. The number of carboxylic acid groups (broad SMARTS) is 1. The lowest BCUT2D eigenvalue weighted by Crippen LogP contribution is -2.32. The molecule has 2 aromatic rings. The summed E-state index contributed by atoms with van der Waals surface area (Å²) < 4.78 is 25.6. The highest BCUT2D eigenvalue weighted by Crippen LogP contribution is 2.23. The third kappa shape index (κ3) is 2.63. The lowest BCUT2D eigenvalue weighted by atomic mass is 10.2. The van der Waals surface area contributed by atoms with Crippen molar-refractivity contribution in [3.63, 3.8) is 0 Å². The molecule has 0 radical (unpaired) electrons. The minimum atomic E-state index is -3.88. The molecule has 0 fully saturated rings. The van der Waals surface area contributed by atoms with Gasteiger partial charge in [-0.25, -0.2) is 8.42 Å². The van der Waals surface area contributed by atoms with Crippen molar-refractivity contribution in [2.75, 3.05) is 13.6 Å². The van der Waals surface area contributed by atoms with Crippen molar-refractivity contribution in [3.8, 4) is 0 Å². The quantitative estimate of drug-likeness (QED) is 0.917. The van der Waals surface area contributed by atoms with Crippen LogP contribution in [-0.2, 0) is 14.8 Å². The Bertz CT molecular complexity index is 771. The molecule has 0 bridgehead atoms. The molecule has 0 spiro atoms. The van der Waals surface area contributed by atoms with Crippen LogP contribution in [0.4, 0.5) is 0 Å². The van der Waals surface area contributed by atoms with Gasteiger partial charge in [0.2, 0.25) is 10.0 Å². The Morgan fingerprint density at radius 1 is 1.40 bits per heavy atom. The molecule has 0 unspecified atom stereocenters. The summed E-state index contributed by atoms with van der Waals surface area (Å²) in [4.78, 5) is 14.8. The Balaban J connectivity index is 2.60. The van der Waals surface area contributed by atoms with Gasteiger partial charge in [-0.3, -0.25) is 9.78 Å². The number of hydrogen-bond acceptors (Lipinski definition) is 4. The number of benzene rings is 1. The average molecular weight is 294 g/mol. The molecule has 1 heterocycles. The first kappa shape index (κ1) is 14.4. The van der Waals surface area contributed by atoms with Crippen LogP contribution < -0.4 is 0 Å². The minimum absolute atomic E-state index is 0.0127. The van der Waals surface area contributed by atoms with Crippen molar-refractivity contribution in [1.29, 1.82) is 0 Å². The van der Waals surface area contributed by atoms with Gasteiger partial charge in [0.25, 0.3) is 0 Å². The Labute approximate surface area is 116 Å². The summed E-state index contributed by atoms with van der Waals surface area (Å²) in [7, 11) is -2.65. The van der Waals surface area contributed by atoms with Crippen molar-refractivity contribution in [3.05, 3.63) is 36.0 Å². The first-order valence-electron chi connectivity index (χ1n) is 5.86. The summed E-state index contributed by atoms with van der Waals surface area (Å²) in [5.74, 6) is -1.21. The fourth-order valence-electron chi connectivity index (χ4n) is 1.89. The van der Waals surface area contributed by atoms with Crippen molar-refractivity contribution in [2.45, 2.75) is 11.8 Å². The van der Waals surface area contributed by atoms with Gasteiger partial charge in [-0.05, 0) is 24.6 Å². The predicted molar refractivity (Wildman–Crippen MR) is 73.9 cm³/mol. The summed E-state index contributed by atoms with van der Waals surface area (Å²) in [5, 5.41) is 9.43. The van der Waals surface area contributed by atoms with Crippen molar-refractivity contribution in [1.82, 2.24) is 9.29 Å². The number of rotatable bonds is 4. The molecule has 7 heteroatoms. The molecule has 0 amide bonds. The van der Waals surface area contributed by atoms with Crippen LogP contribution in [0.1, 0.15) is 5.56 Å². The summed E-state index contributed by atoms with van der Waals surface area (Å²) in [6, 6.07) is 6.65. The standard InChI is InChI=1S/C13H14N2O4S/c1-9-6-10-4-3-5-11(13(10)14-7-9)20(18,19)15(2)8-12(16)17/h3-7H,8H2,1-2H3,(H,16,17). The van der Waals surface area contributed by atoms with Gasteiger partial charge in [-0.15, -0.1) is 0 Å². The number of fused-ring (bicyclic) bond motifs is 1. The maximum atomic E-state index is 12.4. The van der Waals surface area contributed by atoms with Gasteiger partial charge in [-0.2, -0.15) is 4.31 Å². The molecule has 1 aromatic carbocycles. The molecule has 1 aromatic heterocycles. The molecular formula is C13H14N2O4S. The first-order valence-corrected chi connectivity index (χ1v) is 7.30. The number of carboxylic acids is 1. The van der Waals surface area contributed by atoms with Crippen LogP contribution in [0.2, 0.25) is 0 Å². The number of para-hydroxylation sites is 1. The molecule has 0 atom stereocenters. The fourth-order valence-corrected chi connectivity index (χ4v) is 3.18. The average Bonchev–Trinajstić information content (AvgIpc) is 2.36. The van der Waals surface area contributed by atoms with Gasteiger partial charge in [0, 0.05) is 18.6 Å². The van der Waals surface area contributed by atoms with E-state index in [0.717, 1.165) is 9.87 Å². The number of hydrogen-bond donors (Lipinski definition) is 1. The van der Waals surface area contributed by atoms with E-state index < -0.39 is 22.5 Å². The van der Waals surface area contributed by atoms with E-state index in [1.807, 2.05) is 13.0 Å². The fraction of sp³-hybridized carbons (Fsp3) is 0.231. The predicted octanol–water partition coefficient (Wildman–Crippen LogP) is 1.25. The third-order valence-electron chi connectivity index (χ3n) is 2.86. The van der Waals surface area contributed by atoms with E-state index in [0.29, 0.717) is 10.9 Å². The zero-order valence-corrected chi connectivity index (χ0v) is 11.9. The van der Waals surface area contributed by atoms with Gasteiger partial charge in [0.15, 0.2) is 0 Å². The molecule has 0 aliphatic heterocycles. The second-order valence-electron chi connectivity index (χ2n) is 4.50. The first-order chi connectivity index (χ1) is 9.32. The number of sulfonamides is 1. The monoisotopic (exact) mass is 294 g/mol. The van der Waals surface area contributed by atoms with Crippen LogP contribution in [0, 0.1) is 6.92 Å². The van der Waals surface area contributed by atoms with Gasteiger partial charge in [-0.1, -0.05) is 12.1 Å². The maximum absolute atomic E-state index is 12.4. The number of pyridine rings is 1. The van der Waals surface area contributed by atoms with Crippen LogP contribution in [0.15, 0.2) is 35.4 Å². The van der Waals surface area contributed by atoms with Crippen LogP contribution >= 0.6 is 0 Å². The van der Waals surface area contributed by atoms with Gasteiger partial charge in [0.1, 0.15) is 11.4 Å². The molecule has 0 saturated carbocycles. The number of aryl methyl sites for hydroxylation is 1. The highest BCUT2D eigenvalue weighted by Gasteiger charge is 2.25. The molecule has 106 valence electrons. The van der Waals surface area contributed by atoms with E-state index in [1.54, 1.807) is 18.3 Å². The van der Waals surface area contributed by atoms with E-state index in [2.05, 4.69) is 4.98 Å². The number of aromatic nitrogens is 1. The van der Waals surface area contributed by atoms with Crippen molar-refractivity contribution >= 4 is 26.9 Å². The molecule has 6 nitrogen and oxygen atoms in total. The Morgan fingerprint density at radius 3 is 2.75 bits per heavy atom. The zero-order valence-electron chi connectivity index (χ0n) is 11.1. The minimum Gasteiger partial charge on any atom is -0.480 e. The third-order valence-corrected chi connectivity index (χ3v) is 4.69. The Hall–Kier alpha value is -1.99. The van der Waals surface area contributed by atoms with E-state index in [9.17, 15) is 13.2 Å². The highest BCUT2D eigenvalue weighted by molar-refractivity contribution is 7.89. The maximum Gasteiger partial charge on any atom is 0.318 e. The highest BCUT2D eigenvalue weighted by atomic mass is 32.2. The molecular weight excluding hydrogens is 280 g/mol. The van der Waals surface area contributed by atoms with Gasteiger partial charge in [0.05, 0.1) is 5.52 Å². The normalized spacial score (nSPS) is 11.9. The zero-order chi connectivity index (χ0) is 14.9. The largest absolute Gasteiger partial charge is 0.480 e. The molecule has 1 N–H and O–H groups in total. The van der Waals surface area contributed by atoms with Crippen LogP contribution in [0.3, 0.4) is 0 Å². The van der Waals surface area contributed by atoms with E-state index >= 15 is 0 Å². The molecule has 0 aliphatic rings. The van der Waals surface area contributed by atoms with Crippen LogP contribution in [-0.4, -0.2) is 42.4 Å². The van der Waals surface area contributed by atoms with Crippen molar-refractivity contribution < 1.29 is 18.3 Å². The number of likely N-dealkylation sites (N-methyl/N-ethyl adjacent to an activating group) is 1. The van der Waals surface area contributed by atoms with Gasteiger partial charge < -0.3 is 5.11 Å². The van der Waals surface area contributed by atoms with E-state index in [-0.39, 0.29) is 4.90 Å². The van der Waals surface area contributed by atoms with Gasteiger partial charge >= 0.3 is 5.97 Å². The Kier molecular flexibility index (Phi) is 3.74. The lowest BCUT2D eigenvalue weighted by molar-refractivity contribution is -0.137. The lowest BCUT2D eigenvalue weighted by Gasteiger charge is -2.16. The SMILES string of the molecule is Cc1cnc2c(S(=O)(=O)N(C)CC(=O)O)cccc2c1. The number of carbonyl (C=O) groups is 1.